The molecular formula is C11H14N4OS. The molecule has 0 heterocycles. The smallest absolute Gasteiger partial charge is 0.221 e. The number of hydrogen-bond donors (Lipinski definition) is 3. The topological polar surface area (TPSA) is 79.5 Å². The first-order valence-electron chi connectivity index (χ1n) is 4.97. The zero-order valence-electron chi connectivity index (χ0n) is 9.65. The maximum absolute atomic E-state index is 10.8. The number of hydrogen-bond acceptors (Lipinski definition) is 3. The minimum Gasteiger partial charge on any atom is -0.375 e. The normalized spacial score (nSPS) is 10.8. The van der Waals surface area contributed by atoms with Gasteiger partial charge in [-0.25, -0.2) is 0 Å². The first-order chi connectivity index (χ1) is 7.99. The Labute approximate surface area is 105 Å². The molecule has 1 amide bonds. The van der Waals surface area contributed by atoms with Crippen LogP contribution in [0.3, 0.4) is 0 Å². The largest absolute Gasteiger partial charge is 0.375 e. The lowest BCUT2D eigenvalue weighted by Crippen LogP contribution is -2.25. The molecule has 0 aliphatic heterocycles. The van der Waals surface area contributed by atoms with Crippen molar-refractivity contribution >= 4 is 34.6 Å². The van der Waals surface area contributed by atoms with Gasteiger partial charge in [0.2, 0.25) is 5.91 Å². The number of carbonyl (C=O) groups is 1. The summed E-state index contributed by atoms with van der Waals surface area (Å²) in [5.41, 5.74) is 10.2. The number of anilines is 1. The van der Waals surface area contributed by atoms with Gasteiger partial charge in [0.15, 0.2) is 5.11 Å². The number of benzene rings is 1. The van der Waals surface area contributed by atoms with Crippen molar-refractivity contribution < 1.29 is 4.79 Å². The van der Waals surface area contributed by atoms with Gasteiger partial charge in [-0.05, 0) is 36.8 Å². The van der Waals surface area contributed by atoms with Gasteiger partial charge in [-0.15, -0.1) is 0 Å². The Morgan fingerprint density at radius 3 is 2.35 bits per heavy atom. The van der Waals surface area contributed by atoms with E-state index in [1.54, 1.807) is 12.1 Å². The summed E-state index contributed by atoms with van der Waals surface area (Å²) in [6, 6.07) is 7.31. The molecule has 5 nitrogen and oxygen atoms in total. The molecule has 0 unspecified atom stereocenters. The van der Waals surface area contributed by atoms with Gasteiger partial charge < -0.3 is 11.1 Å². The second-order valence-electron chi connectivity index (χ2n) is 3.43. The van der Waals surface area contributed by atoms with E-state index >= 15 is 0 Å². The van der Waals surface area contributed by atoms with E-state index in [4.69, 9.17) is 5.73 Å². The molecule has 4 N–H and O–H groups in total. The monoisotopic (exact) mass is 250 g/mol. The van der Waals surface area contributed by atoms with E-state index in [1.165, 1.54) is 6.92 Å². The molecule has 0 spiro atoms. The Hall–Kier alpha value is -1.95. The Morgan fingerprint density at radius 1 is 1.29 bits per heavy atom. The van der Waals surface area contributed by atoms with E-state index in [1.807, 2.05) is 19.1 Å². The molecule has 0 saturated heterocycles. The van der Waals surface area contributed by atoms with Crippen LogP contribution in [-0.4, -0.2) is 16.7 Å². The Balaban J connectivity index is 2.76. The first-order valence-corrected chi connectivity index (χ1v) is 5.37. The molecule has 0 atom stereocenters. The average molecular weight is 250 g/mol. The summed E-state index contributed by atoms with van der Waals surface area (Å²) in [4.78, 5) is 10.8. The van der Waals surface area contributed by atoms with Crippen molar-refractivity contribution in [2.75, 3.05) is 5.32 Å². The second kappa shape index (κ2) is 5.95. The second-order valence-corrected chi connectivity index (χ2v) is 3.87. The summed E-state index contributed by atoms with van der Waals surface area (Å²) < 4.78 is 0. The third kappa shape index (κ3) is 4.60. The SMILES string of the molecule is CC(=O)Nc1ccc(/C(C)=N/NC(N)=S)cc1. The van der Waals surface area contributed by atoms with E-state index in [2.05, 4.69) is 28.1 Å². The van der Waals surface area contributed by atoms with Crippen LogP contribution in [0.4, 0.5) is 5.69 Å². The van der Waals surface area contributed by atoms with E-state index in [-0.39, 0.29) is 11.0 Å². The molecule has 0 saturated carbocycles. The van der Waals surface area contributed by atoms with Crippen LogP contribution in [0.5, 0.6) is 0 Å². The van der Waals surface area contributed by atoms with Crippen molar-refractivity contribution in [3.05, 3.63) is 29.8 Å². The van der Waals surface area contributed by atoms with Gasteiger partial charge in [0.05, 0.1) is 5.71 Å². The summed E-state index contributed by atoms with van der Waals surface area (Å²) in [7, 11) is 0. The van der Waals surface area contributed by atoms with Crippen LogP contribution in [0.2, 0.25) is 0 Å². The van der Waals surface area contributed by atoms with Gasteiger partial charge in [0, 0.05) is 12.6 Å². The third-order valence-electron chi connectivity index (χ3n) is 1.96. The van der Waals surface area contributed by atoms with Gasteiger partial charge in [-0.2, -0.15) is 5.10 Å². The van der Waals surface area contributed by atoms with Crippen molar-refractivity contribution in [3.8, 4) is 0 Å². The zero-order chi connectivity index (χ0) is 12.8. The quantitative estimate of drug-likeness (QED) is 0.428. The zero-order valence-corrected chi connectivity index (χ0v) is 10.5. The predicted octanol–water partition coefficient (Wildman–Crippen LogP) is 1.20. The summed E-state index contributed by atoms with van der Waals surface area (Å²) in [5.74, 6) is -0.0988. The number of nitrogens with zero attached hydrogens (tertiary/aromatic N) is 1. The van der Waals surface area contributed by atoms with E-state index < -0.39 is 0 Å². The van der Waals surface area contributed by atoms with E-state index in [0.29, 0.717) is 0 Å². The fourth-order valence-corrected chi connectivity index (χ4v) is 1.25. The van der Waals surface area contributed by atoms with Crippen molar-refractivity contribution in [2.45, 2.75) is 13.8 Å². The molecule has 90 valence electrons. The van der Waals surface area contributed by atoms with Gasteiger partial charge in [-0.1, -0.05) is 12.1 Å². The van der Waals surface area contributed by atoms with Gasteiger partial charge in [0.1, 0.15) is 0 Å². The van der Waals surface area contributed by atoms with Crippen LogP contribution in [0.15, 0.2) is 29.4 Å². The van der Waals surface area contributed by atoms with Crippen LogP contribution >= 0.6 is 12.2 Å². The standard InChI is InChI=1S/C11H14N4OS/c1-7(14-15-11(12)17)9-3-5-10(6-4-9)13-8(2)16/h3-6H,1-2H3,(H,13,16)(H3,12,15,17)/b14-7+. The highest BCUT2D eigenvalue weighted by atomic mass is 32.1. The molecule has 0 aromatic heterocycles. The summed E-state index contributed by atoms with van der Waals surface area (Å²) in [6.07, 6.45) is 0. The lowest BCUT2D eigenvalue weighted by Gasteiger charge is -2.04. The highest BCUT2D eigenvalue weighted by Gasteiger charge is 1.99. The Bertz CT molecular complexity index is 453. The molecule has 0 bridgehead atoms. The van der Waals surface area contributed by atoms with E-state index in [0.717, 1.165) is 17.0 Å². The van der Waals surface area contributed by atoms with Crippen molar-refractivity contribution in [2.24, 2.45) is 10.8 Å². The van der Waals surface area contributed by atoms with Crippen LogP contribution < -0.4 is 16.5 Å². The minimum atomic E-state index is -0.0988. The number of amides is 1. The predicted molar refractivity (Wildman–Crippen MR) is 72.9 cm³/mol. The number of carbonyl (C=O) groups excluding carboxylic acids is 1. The van der Waals surface area contributed by atoms with Gasteiger partial charge >= 0.3 is 0 Å². The molecular weight excluding hydrogens is 236 g/mol. The van der Waals surface area contributed by atoms with Crippen LogP contribution in [-0.2, 0) is 4.79 Å². The molecule has 17 heavy (non-hydrogen) atoms. The third-order valence-corrected chi connectivity index (χ3v) is 2.05. The molecule has 1 aromatic carbocycles. The number of nitrogens with two attached hydrogens (primary N) is 1. The number of rotatable bonds is 3. The van der Waals surface area contributed by atoms with Crippen molar-refractivity contribution in [1.29, 1.82) is 0 Å². The van der Waals surface area contributed by atoms with Gasteiger partial charge in [0.25, 0.3) is 0 Å². The lowest BCUT2D eigenvalue weighted by atomic mass is 10.1. The van der Waals surface area contributed by atoms with E-state index in [9.17, 15) is 4.79 Å². The Morgan fingerprint density at radius 2 is 1.88 bits per heavy atom. The molecule has 1 rings (SSSR count). The first kappa shape index (κ1) is 13.1. The molecule has 0 aliphatic rings. The van der Waals surface area contributed by atoms with Crippen LogP contribution in [0.25, 0.3) is 0 Å². The average Bonchev–Trinajstić information content (AvgIpc) is 2.26. The highest BCUT2D eigenvalue weighted by Crippen LogP contribution is 2.10. The number of hydrazone groups is 1. The molecule has 0 radical (unpaired) electrons. The fraction of sp³-hybridized carbons (Fsp3) is 0.182. The van der Waals surface area contributed by atoms with Crippen molar-refractivity contribution in [3.63, 3.8) is 0 Å². The molecule has 6 heteroatoms. The fourth-order valence-electron chi connectivity index (χ4n) is 1.20. The Kier molecular flexibility index (Phi) is 4.59. The summed E-state index contributed by atoms with van der Waals surface area (Å²) in [5, 5.41) is 6.81. The van der Waals surface area contributed by atoms with Crippen LogP contribution in [0.1, 0.15) is 19.4 Å². The minimum absolute atomic E-state index is 0.0988. The summed E-state index contributed by atoms with van der Waals surface area (Å²) in [6.45, 7) is 3.30. The molecule has 1 aromatic rings. The molecule has 0 fully saturated rings. The lowest BCUT2D eigenvalue weighted by molar-refractivity contribution is -0.114. The maximum atomic E-state index is 10.8. The number of thiocarbonyl (C=S) groups is 1. The maximum Gasteiger partial charge on any atom is 0.221 e. The number of nitrogens with one attached hydrogen (secondary N) is 2. The van der Waals surface area contributed by atoms with Crippen LogP contribution in [0, 0.1) is 0 Å². The van der Waals surface area contributed by atoms with Gasteiger partial charge in [-0.3, -0.25) is 10.2 Å². The van der Waals surface area contributed by atoms with Crippen molar-refractivity contribution in [1.82, 2.24) is 5.43 Å². The summed E-state index contributed by atoms with van der Waals surface area (Å²) >= 11 is 4.64. The highest BCUT2D eigenvalue weighted by molar-refractivity contribution is 7.80. The molecule has 0 aliphatic carbocycles.